The number of pyridine rings is 1. The molecule has 0 saturated heterocycles. The first-order valence-corrected chi connectivity index (χ1v) is 7.08. The smallest absolute Gasteiger partial charge is 0.253 e. The average molecular weight is 260 g/mol. The van der Waals surface area contributed by atoms with Crippen LogP contribution >= 0.6 is 0 Å². The minimum atomic E-state index is -0.140. The summed E-state index contributed by atoms with van der Waals surface area (Å²) >= 11 is 0. The molecule has 0 spiro atoms. The van der Waals surface area contributed by atoms with Gasteiger partial charge in [0.15, 0.2) is 0 Å². The number of amides is 1. The van der Waals surface area contributed by atoms with Gasteiger partial charge in [-0.3, -0.25) is 9.78 Å². The van der Waals surface area contributed by atoms with Gasteiger partial charge in [-0.05, 0) is 50.0 Å². The first kappa shape index (κ1) is 12.5. The van der Waals surface area contributed by atoms with Gasteiger partial charge in [0.25, 0.3) is 5.91 Å². The van der Waals surface area contributed by atoms with Crippen LogP contribution in [0.5, 0.6) is 5.75 Å². The van der Waals surface area contributed by atoms with E-state index in [4.69, 9.17) is 0 Å². The highest BCUT2D eigenvalue weighted by Crippen LogP contribution is 2.49. The van der Waals surface area contributed by atoms with Crippen molar-refractivity contribution in [1.29, 1.82) is 0 Å². The highest BCUT2D eigenvalue weighted by molar-refractivity contribution is 5.94. The summed E-state index contributed by atoms with van der Waals surface area (Å²) in [5.74, 6) is 2.19. The predicted octanol–water partition coefficient (Wildman–Crippen LogP) is 2.34. The van der Waals surface area contributed by atoms with Crippen LogP contribution in [0.2, 0.25) is 0 Å². The van der Waals surface area contributed by atoms with E-state index in [0.717, 1.165) is 11.8 Å². The molecule has 1 aromatic heterocycles. The van der Waals surface area contributed by atoms with E-state index >= 15 is 0 Å². The SMILES string of the molecule is CC(NC(=O)c1cncc(O)c1)C1CC2CCC1C2. The quantitative estimate of drug-likeness (QED) is 0.877. The molecule has 102 valence electrons. The van der Waals surface area contributed by atoms with E-state index in [0.29, 0.717) is 11.5 Å². The first-order chi connectivity index (χ1) is 9.13. The van der Waals surface area contributed by atoms with E-state index < -0.39 is 0 Å². The Balaban J connectivity index is 1.63. The van der Waals surface area contributed by atoms with E-state index in [1.165, 1.54) is 44.1 Å². The number of hydrogen-bond donors (Lipinski definition) is 2. The van der Waals surface area contributed by atoms with Crippen molar-refractivity contribution in [3.05, 3.63) is 24.0 Å². The van der Waals surface area contributed by atoms with Crippen LogP contribution in [0.25, 0.3) is 0 Å². The lowest BCUT2D eigenvalue weighted by atomic mass is 9.84. The molecular formula is C15H20N2O2. The minimum Gasteiger partial charge on any atom is -0.506 e. The average Bonchev–Trinajstić information content (AvgIpc) is 3.00. The van der Waals surface area contributed by atoms with Crippen LogP contribution in [0.3, 0.4) is 0 Å². The molecule has 0 aromatic carbocycles. The number of aromatic hydroxyl groups is 1. The van der Waals surface area contributed by atoms with Gasteiger partial charge < -0.3 is 10.4 Å². The molecule has 2 saturated carbocycles. The third kappa shape index (κ3) is 2.44. The van der Waals surface area contributed by atoms with Gasteiger partial charge >= 0.3 is 0 Å². The Morgan fingerprint density at radius 3 is 2.89 bits per heavy atom. The van der Waals surface area contributed by atoms with Crippen molar-refractivity contribution in [2.45, 2.75) is 38.6 Å². The summed E-state index contributed by atoms with van der Waals surface area (Å²) in [6.45, 7) is 2.10. The van der Waals surface area contributed by atoms with Crippen LogP contribution in [0.1, 0.15) is 43.0 Å². The van der Waals surface area contributed by atoms with Crippen LogP contribution in [-0.2, 0) is 0 Å². The Kier molecular flexibility index (Phi) is 3.17. The molecule has 2 N–H and O–H groups in total. The fourth-order valence-electron chi connectivity index (χ4n) is 3.86. The largest absolute Gasteiger partial charge is 0.506 e. The number of nitrogens with zero attached hydrogens (tertiary/aromatic N) is 1. The van der Waals surface area contributed by atoms with Crippen molar-refractivity contribution in [2.75, 3.05) is 0 Å². The van der Waals surface area contributed by atoms with Crippen molar-refractivity contribution in [3.8, 4) is 5.75 Å². The summed E-state index contributed by atoms with van der Waals surface area (Å²) in [7, 11) is 0. The van der Waals surface area contributed by atoms with Gasteiger partial charge in [-0.25, -0.2) is 0 Å². The molecule has 1 aromatic rings. The summed E-state index contributed by atoms with van der Waals surface area (Å²) in [5.41, 5.74) is 0.426. The number of fused-ring (bicyclic) bond motifs is 2. The molecule has 0 aliphatic heterocycles. The Morgan fingerprint density at radius 1 is 1.42 bits per heavy atom. The van der Waals surface area contributed by atoms with E-state index in [-0.39, 0.29) is 17.7 Å². The lowest BCUT2D eigenvalue weighted by Gasteiger charge is -2.28. The summed E-state index contributed by atoms with van der Waals surface area (Å²) in [4.78, 5) is 15.9. The maximum Gasteiger partial charge on any atom is 0.253 e. The highest BCUT2D eigenvalue weighted by atomic mass is 16.3. The lowest BCUT2D eigenvalue weighted by molar-refractivity contribution is 0.0914. The molecule has 1 heterocycles. The van der Waals surface area contributed by atoms with Crippen LogP contribution in [-0.4, -0.2) is 22.0 Å². The number of aromatic nitrogens is 1. The number of hydrogen-bond acceptors (Lipinski definition) is 3. The number of carbonyl (C=O) groups excluding carboxylic acids is 1. The van der Waals surface area contributed by atoms with Crippen LogP contribution in [0, 0.1) is 17.8 Å². The van der Waals surface area contributed by atoms with E-state index in [9.17, 15) is 9.90 Å². The normalized spacial score (nSPS) is 30.3. The van der Waals surface area contributed by atoms with Gasteiger partial charge in [-0.1, -0.05) is 6.42 Å². The summed E-state index contributed by atoms with van der Waals surface area (Å²) in [6, 6.07) is 1.65. The van der Waals surface area contributed by atoms with Gasteiger partial charge in [-0.15, -0.1) is 0 Å². The second kappa shape index (κ2) is 4.83. The molecular weight excluding hydrogens is 240 g/mol. The molecule has 3 rings (SSSR count). The second-order valence-electron chi connectivity index (χ2n) is 6.03. The number of carbonyl (C=O) groups is 1. The molecule has 2 aliphatic rings. The third-order valence-corrected chi connectivity index (χ3v) is 4.78. The van der Waals surface area contributed by atoms with Gasteiger partial charge in [0.05, 0.1) is 11.8 Å². The van der Waals surface area contributed by atoms with E-state index in [2.05, 4.69) is 17.2 Å². The Bertz CT molecular complexity index is 489. The topological polar surface area (TPSA) is 62.2 Å². The minimum absolute atomic E-state index is 0.0280. The van der Waals surface area contributed by atoms with Crippen LogP contribution in [0.4, 0.5) is 0 Å². The predicted molar refractivity (Wildman–Crippen MR) is 71.8 cm³/mol. The molecule has 4 atom stereocenters. The van der Waals surface area contributed by atoms with Gasteiger partial charge in [0.2, 0.25) is 0 Å². The van der Waals surface area contributed by atoms with Crippen molar-refractivity contribution in [2.24, 2.45) is 17.8 Å². The standard InChI is InChI=1S/C15H20N2O2/c1-9(14-5-10-2-3-11(14)4-10)17-15(19)12-6-13(18)8-16-7-12/h6-11,14,18H,2-5H2,1H3,(H,17,19). The molecule has 0 radical (unpaired) electrons. The molecule has 4 unspecified atom stereocenters. The molecule has 19 heavy (non-hydrogen) atoms. The van der Waals surface area contributed by atoms with Gasteiger partial charge in [0, 0.05) is 12.2 Å². The van der Waals surface area contributed by atoms with Crippen molar-refractivity contribution >= 4 is 5.91 Å². The zero-order chi connectivity index (χ0) is 13.4. The van der Waals surface area contributed by atoms with Crippen LogP contribution in [0.15, 0.2) is 18.5 Å². The maximum absolute atomic E-state index is 12.1. The third-order valence-electron chi connectivity index (χ3n) is 4.78. The molecule has 4 nitrogen and oxygen atoms in total. The summed E-state index contributed by atoms with van der Waals surface area (Å²) < 4.78 is 0. The van der Waals surface area contributed by atoms with Crippen molar-refractivity contribution in [3.63, 3.8) is 0 Å². The van der Waals surface area contributed by atoms with Gasteiger partial charge in [0.1, 0.15) is 5.75 Å². The second-order valence-corrected chi connectivity index (χ2v) is 6.03. The Hall–Kier alpha value is -1.58. The molecule has 2 aliphatic carbocycles. The lowest BCUT2D eigenvalue weighted by Crippen LogP contribution is -2.40. The zero-order valence-corrected chi connectivity index (χ0v) is 11.2. The molecule has 2 fully saturated rings. The fraction of sp³-hybridized carbons (Fsp3) is 0.600. The highest BCUT2D eigenvalue weighted by Gasteiger charge is 2.42. The summed E-state index contributed by atoms with van der Waals surface area (Å²) in [6.07, 6.45) is 8.11. The monoisotopic (exact) mass is 260 g/mol. The first-order valence-electron chi connectivity index (χ1n) is 7.08. The molecule has 1 amide bonds. The van der Waals surface area contributed by atoms with Crippen molar-refractivity contribution in [1.82, 2.24) is 10.3 Å². The maximum atomic E-state index is 12.1. The molecule has 2 bridgehead atoms. The fourth-order valence-corrected chi connectivity index (χ4v) is 3.86. The van der Waals surface area contributed by atoms with Crippen LogP contribution < -0.4 is 5.32 Å². The van der Waals surface area contributed by atoms with E-state index in [1.807, 2.05) is 0 Å². The van der Waals surface area contributed by atoms with Crippen molar-refractivity contribution < 1.29 is 9.90 Å². The molecule has 4 heteroatoms. The Labute approximate surface area is 113 Å². The van der Waals surface area contributed by atoms with Gasteiger partial charge in [-0.2, -0.15) is 0 Å². The Morgan fingerprint density at radius 2 is 2.26 bits per heavy atom. The number of nitrogens with one attached hydrogen (secondary N) is 1. The zero-order valence-electron chi connectivity index (χ0n) is 11.2. The van der Waals surface area contributed by atoms with E-state index in [1.54, 1.807) is 0 Å². The summed E-state index contributed by atoms with van der Waals surface area (Å²) in [5, 5.41) is 12.4. The number of rotatable bonds is 3.